The van der Waals surface area contributed by atoms with Gasteiger partial charge in [0.2, 0.25) is 0 Å². The van der Waals surface area contributed by atoms with E-state index in [2.05, 4.69) is 4.90 Å². The minimum absolute atomic E-state index is 0.0459. The van der Waals surface area contributed by atoms with E-state index in [9.17, 15) is 4.79 Å². The summed E-state index contributed by atoms with van der Waals surface area (Å²) in [4.78, 5) is 16.5. The highest BCUT2D eigenvalue weighted by Crippen LogP contribution is 2.34. The van der Waals surface area contributed by atoms with Crippen molar-refractivity contribution in [2.75, 3.05) is 37.7 Å². The third-order valence-electron chi connectivity index (χ3n) is 6.12. The standard InChI is InChI=1S/C24H27ClN4O3/c25-19-9-10-21-20(16-19)23(26-29(21)22-8-4-5-15-31-22)27-11-13-28(14-12-27)24(30)32-17-18-6-2-1-3-7-18/h1-3,6-7,9-10,16,22H,4-5,8,11-15,17H2. The number of halogens is 1. The summed E-state index contributed by atoms with van der Waals surface area (Å²) >= 11 is 6.32. The molecule has 2 aliphatic rings. The molecule has 8 heteroatoms. The number of hydrogen-bond donors (Lipinski definition) is 0. The highest BCUT2D eigenvalue weighted by molar-refractivity contribution is 6.31. The van der Waals surface area contributed by atoms with E-state index in [1.54, 1.807) is 4.90 Å². The molecule has 0 radical (unpaired) electrons. The minimum Gasteiger partial charge on any atom is -0.445 e. The molecular weight excluding hydrogens is 428 g/mol. The first-order valence-corrected chi connectivity index (χ1v) is 11.6. The molecule has 1 atom stereocenters. The Balaban J connectivity index is 1.28. The van der Waals surface area contributed by atoms with Gasteiger partial charge in [-0.2, -0.15) is 5.10 Å². The van der Waals surface area contributed by atoms with Gasteiger partial charge in [-0.25, -0.2) is 9.48 Å². The van der Waals surface area contributed by atoms with Crippen molar-refractivity contribution in [3.63, 3.8) is 0 Å². The molecule has 0 aliphatic carbocycles. The van der Waals surface area contributed by atoms with Gasteiger partial charge in [0.15, 0.2) is 12.0 Å². The van der Waals surface area contributed by atoms with Crippen molar-refractivity contribution < 1.29 is 14.3 Å². The maximum atomic E-state index is 12.5. The zero-order valence-electron chi connectivity index (χ0n) is 18.0. The van der Waals surface area contributed by atoms with Crippen LogP contribution in [0.15, 0.2) is 48.5 Å². The number of anilines is 1. The van der Waals surface area contributed by atoms with Crippen LogP contribution < -0.4 is 4.90 Å². The van der Waals surface area contributed by atoms with Gasteiger partial charge >= 0.3 is 6.09 Å². The number of amides is 1. The summed E-state index contributed by atoms with van der Waals surface area (Å²) < 4.78 is 13.5. The van der Waals surface area contributed by atoms with Crippen molar-refractivity contribution in [1.82, 2.24) is 14.7 Å². The Morgan fingerprint density at radius 1 is 1.09 bits per heavy atom. The maximum absolute atomic E-state index is 12.5. The lowest BCUT2D eigenvalue weighted by Gasteiger charge is -2.34. The van der Waals surface area contributed by atoms with Crippen LogP contribution in [0.25, 0.3) is 10.9 Å². The number of aromatic nitrogens is 2. The second kappa shape index (κ2) is 9.38. The molecule has 32 heavy (non-hydrogen) atoms. The third kappa shape index (κ3) is 4.40. The first-order valence-electron chi connectivity index (χ1n) is 11.2. The number of hydrogen-bond acceptors (Lipinski definition) is 5. The number of rotatable bonds is 4. The number of nitrogens with zero attached hydrogens (tertiary/aromatic N) is 4. The highest BCUT2D eigenvalue weighted by atomic mass is 35.5. The van der Waals surface area contributed by atoms with Crippen molar-refractivity contribution >= 4 is 34.4 Å². The summed E-state index contributed by atoms with van der Waals surface area (Å²) in [5.41, 5.74) is 2.01. The summed E-state index contributed by atoms with van der Waals surface area (Å²) in [5.74, 6) is 0.897. The van der Waals surface area contributed by atoms with Crippen LogP contribution in [0.3, 0.4) is 0 Å². The van der Waals surface area contributed by atoms with Gasteiger partial charge < -0.3 is 19.3 Å². The van der Waals surface area contributed by atoms with Gasteiger partial charge in [-0.3, -0.25) is 0 Å². The number of piperazine rings is 1. The predicted octanol–water partition coefficient (Wildman–Crippen LogP) is 4.85. The van der Waals surface area contributed by atoms with Crippen LogP contribution in [0.5, 0.6) is 0 Å². The lowest BCUT2D eigenvalue weighted by Crippen LogP contribution is -2.49. The monoisotopic (exact) mass is 454 g/mol. The SMILES string of the molecule is O=C(OCc1ccccc1)N1CCN(c2nn(C3CCCCO3)c3ccc(Cl)cc23)CC1. The highest BCUT2D eigenvalue weighted by Gasteiger charge is 2.27. The Morgan fingerprint density at radius 3 is 2.66 bits per heavy atom. The van der Waals surface area contributed by atoms with E-state index >= 15 is 0 Å². The largest absolute Gasteiger partial charge is 0.445 e. The molecule has 0 bridgehead atoms. The summed E-state index contributed by atoms with van der Waals surface area (Å²) in [6.45, 7) is 3.59. The summed E-state index contributed by atoms with van der Waals surface area (Å²) in [6.07, 6.45) is 2.87. The average molecular weight is 455 g/mol. The van der Waals surface area contributed by atoms with E-state index < -0.39 is 0 Å². The lowest BCUT2D eigenvalue weighted by molar-refractivity contribution is -0.0365. The normalized spacial score (nSPS) is 19.3. The molecule has 2 aromatic carbocycles. The fourth-order valence-electron chi connectivity index (χ4n) is 4.38. The van der Waals surface area contributed by atoms with Crippen LogP contribution in [0, 0.1) is 0 Å². The molecule has 0 saturated carbocycles. The number of carbonyl (C=O) groups excluding carboxylic acids is 1. The smallest absolute Gasteiger partial charge is 0.410 e. The van der Waals surface area contributed by atoms with Crippen LogP contribution >= 0.6 is 11.6 Å². The summed E-state index contributed by atoms with van der Waals surface area (Å²) in [7, 11) is 0. The Kier molecular flexibility index (Phi) is 6.19. The van der Waals surface area contributed by atoms with Crippen LogP contribution in [0.2, 0.25) is 5.02 Å². The van der Waals surface area contributed by atoms with Crippen LogP contribution in [-0.4, -0.2) is 53.6 Å². The van der Waals surface area contributed by atoms with E-state index in [1.807, 2.05) is 53.2 Å². The molecule has 168 valence electrons. The first-order chi connectivity index (χ1) is 15.7. The van der Waals surface area contributed by atoms with E-state index in [-0.39, 0.29) is 18.9 Å². The van der Waals surface area contributed by atoms with Crippen molar-refractivity contribution in [1.29, 1.82) is 0 Å². The van der Waals surface area contributed by atoms with Crippen LogP contribution in [0.1, 0.15) is 31.1 Å². The van der Waals surface area contributed by atoms with Gasteiger partial charge in [0.05, 0.1) is 5.52 Å². The summed E-state index contributed by atoms with van der Waals surface area (Å²) in [6, 6.07) is 15.6. The maximum Gasteiger partial charge on any atom is 0.410 e. The Bertz CT molecular complexity index is 1070. The zero-order valence-corrected chi connectivity index (χ0v) is 18.7. The van der Waals surface area contributed by atoms with E-state index in [4.69, 9.17) is 26.2 Å². The molecule has 5 rings (SSSR count). The van der Waals surface area contributed by atoms with Crippen LogP contribution in [0.4, 0.5) is 10.6 Å². The van der Waals surface area contributed by atoms with Crippen molar-refractivity contribution in [2.45, 2.75) is 32.1 Å². The lowest BCUT2D eigenvalue weighted by atomic mass is 10.2. The quantitative estimate of drug-likeness (QED) is 0.564. The van der Waals surface area contributed by atoms with E-state index in [0.717, 1.165) is 48.2 Å². The van der Waals surface area contributed by atoms with Gasteiger partial charge in [-0.05, 0) is 43.0 Å². The van der Waals surface area contributed by atoms with Crippen molar-refractivity contribution in [3.05, 3.63) is 59.1 Å². The molecule has 1 aromatic heterocycles. The van der Waals surface area contributed by atoms with Gasteiger partial charge in [-0.15, -0.1) is 0 Å². The minimum atomic E-state index is -0.275. The zero-order chi connectivity index (χ0) is 21.9. The molecular formula is C24H27ClN4O3. The van der Waals surface area contributed by atoms with Crippen molar-refractivity contribution in [3.8, 4) is 0 Å². The summed E-state index contributed by atoms with van der Waals surface area (Å²) in [5, 5.41) is 6.65. The second-order valence-electron chi connectivity index (χ2n) is 8.27. The molecule has 2 aliphatic heterocycles. The molecule has 7 nitrogen and oxygen atoms in total. The fourth-order valence-corrected chi connectivity index (χ4v) is 4.55. The molecule has 3 heterocycles. The topological polar surface area (TPSA) is 59.8 Å². The molecule has 1 unspecified atom stereocenters. The Hall–Kier alpha value is -2.77. The van der Waals surface area contributed by atoms with Crippen molar-refractivity contribution in [2.24, 2.45) is 0 Å². The fraction of sp³-hybridized carbons (Fsp3) is 0.417. The van der Waals surface area contributed by atoms with Gasteiger partial charge in [0.25, 0.3) is 0 Å². The van der Waals surface area contributed by atoms with E-state index in [0.29, 0.717) is 31.2 Å². The number of ether oxygens (including phenoxy) is 2. The van der Waals surface area contributed by atoms with Gasteiger partial charge in [0.1, 0.15) is 6.61 Å². The molecule has 1 amide bonds. The molecule has 0 spiro atoms. The van der Waals surface area contributed by atoms with E-state index in [1.165, 1.54) is 0 Å². The number of benzene rings is 2. The molecule has 0 N–H and O–H groups in total. The first kappa shape index (κ1) is 21.1. The Morgan fingerprint density at radius 2 is 1.91 bits per heavy atom. The second-order valence-corrected chi connectivity index (χ2v) is 8.70. The van der Waals surface area contributed by atoms with Gasteiger partial charge in [0, 0.05) is 43.2 Å². The Labute approximate surface area is 192 Å². The third-order valence-corrected chi connectivity index (χ3v) is 6.35. The average Bonchev–Trinajstić information content (AvgIpc) is 3.22. The molecule has 2 fully saturated rings. The molecule has 3 aromatic rings. The number of carbonyl (C=O) groups is 1. The molecule has 2 saturated heterocycles. The van der Waals surface area contributed by atoms with Gasteiger partial charge in [-0.1, -0.05) is 41.9 Å². The van der Waals surface area contributed by atoms with Crippen LogP contribution in [-0.2, 0) is 16.1 Å². The number of fused-ring (bicyclic) bond motifs is 1. The predicted molar refractivity (Wildman–Crippen MR) is 124 cm³/mol.